The molecule has 1 amide bonds. The molecule has 0 rings (SSSR count). The van der Waals surface area contributed by atoms with Crippen molar-refractivity contribution in [1.29, 1.82) is 0 Å². The Morgan fingerprint density at radius 1 is 0.235 bits per heavy atom. The molecular weight excluding hydrogens is 1030 g/mol. The molecule has 0 aromatic rings. The maximum atomic E-state index is 12.6. The zero-order valence-corrected chi connectivity index (χ0v) is 59.2. The molecule has 0 aromatic heterocycles. The number of aliphatic hydroxyl groups is 2. The minimum Gasteiger partial charge on any atom is -0.394 e. The predicted molar refractivity (Wildman–Crippen MR) is 383 cm³/mol. The van der Waals surface area contributed by atoms with Crippen LogP contribution in [0.25, 0.3) is 0 Å². The van der Waals surface area contributed by atoms with Crippen molar-refractivity contribution in [2.75, 3.05) is 6.61 Å². The summed E-state index contributed by atoms with van der Waals surface area (Å²) >= 11 is 0. The van der Waals surface area contributed by atoms with E-state index in [-0.39, 0.29) is 12.5 Å². The first-order chi connectivity index (χ1) is 42.2. The first kappa shape index (κ1) is 84.4. The van der Waals surface area contributed by atoms with E-state index in [1.165, 1.54) is 443 Å². The third kappa shape index (κ3) is 74.0. The first-order valence-corrected chi connectivity index (χ1v) is 40.7. The number of amides is 1. The van der Waals surface area contributed by atoms with Crippen LogP contribution in [0, 0.1) is 0 Å². The summed E-state index contributed by atoms with van der Waals surface area (Å²) < 4.78 is 0. The molecule has 0 fully saturated rings. The fraction of sp³-hybridized carbons (Fsp3) is 0.988. The largest absolute Gasteiger partial charge is 0.394 e. The van der Waals surface area contributed by atoms with Gasteiger partial charge in [-0.15, -0.1) is 0 Å². The lowest BCUT2D eigenvalue weighted by atomic mass is 10.0. The summed E-state index contributed by atoms with van der Waals surface area (Å²) in [6.45, 7) is 4.43. The lowest BCUT2D eigenvalue weighted by molar-refractivity contribution is -0.123. The zero-order valence-electron chi connectivity index (χ0n) is 59.2. The number of nitrogens with one attached hydrogen (secondary N) is 1. The first-order valence-electron chi connectivity index (χ1n) is 40.7. The number of hydrogen-bond acceptors (Lipinski definition) is 3. The monoisotopic (exact) mass is 1200 g/mol. The topological polar surface area (TPSA) is 69.6 Å². The highest BCUT2D eigenvalue weighted by Gasteiger charge is 2.20. The maximum Gasteiger partial charge on any atom is 0.220 e. The minimum atomic E-state index is -0.657. The third-order valence-corrected chi connectivity index (χ3v) is 19.9. The molecule has 4 heteroatoms. The van der Waals surface area contributed by atoms with E-state index in [0.29, 0.717) is 12.8 Å². The van der Waals surface area contributed by atoms with Crippen molar-refractivity contribution < 1.29 is 15.0 Å². The third-order valence-electron chi connectivity index (χ3n) is 19.9. The van der Waals surface area contributed by atoms with Gasteiger partial charge in [0.1, 0.15) is 0 Å². The van der Waals surface area contributed by atoms with Crippen molar-refractivity contribution in [2.24, 2.45) is 0 Å². The summed E-state index contributed by atoms with van der Waals surface area (Å²) in [6, 6.07) is -0.534. The lowest BCUT2D eigenvalue weighted by Crippen LogP contribution is -2.45. The number of hydrogen-bond donors (Lipinski definition) is 3. The fourth-order valence-electron chi connectivity index (χ4n) is 13.7. The molecule has 0 heterocycles. The smallest absolute Gasteiger partial charge is 0.220 e. The molecule has 85 heavy (non-hydrogen) atoms. The fourth-order valence-corrected chi connectivity index (χ4v) is 13.7. The van der Waals surface area contributed by atoms with Crippen molar-refractivity contribution in [3.8, 4) is 0 Å². The molecule has 0 aliphatic heterocycles. The quantitative estimate of drug-likeness (QED) is 0.0532. The molecule has 0 aliphatic carbocycles. The van der Waals surface area contributed by atoms with E-state index in [1.807, 2.05) is 0 Å². The van der Waals surface area contributed by atoms with Gasteiger partial charge in [-0.3, -0.25) is 4.79 Å². The van der Waals surface area contributed by atoms with E-state index < -0.39 is 12.1 Å². The van der Waals surface area contributed by atoms with E-state index in [0.717, 1.165) is 25.7 Å². The molecule has 0 aliphatic rings. The summed E-state index contributed by atoms with van der Waals surface area (Å²) in [5.41, 5.74) is 0. The number of rotatable bonds is 78. The molecule has 3 N–H and O–H groups in total. The van der Waals surface area contributed by atoms with Gasteiger partial charge >= 0.3 is 0 Å². The Balaban J connectivity index is 3.32. The van der Waals surface area contributed by atoms with Crippen LogP contribution in [0.1, 0.15) is 495 Å². The van der Waals surface area contributed by atoms with Crippen LogP contribution in [0.15, 0.2) is 0 Å². The van der Waals surface area contributed by atoms with Gasteiger partial charge < -0.3 is 15.5 Å². The normalized spacial score (nSPS) is 12.5. The molecule has 0 saturated heterocycles. The summed E-state index contributed by atoms with van der Waals surface area (Å²) in [7, 11) is 0. The van der Waals surface area contributed by atoms with Crippen LogP contribution in [0.5, 0.6) is 0 Å². The van der Waals surface area contributed by atoms with Gasteiger partial charge in [0.05, 0.1) is 18.8 Å². The van der Waals surface area contributed by atoms with Crippen LogP contribution in [-0.4, -0.2) is 34.9 Å². The molecule has 510 valence electrons. The van der Waals surface area contributed by atoms with Crippen LogP contribution < -0.4 is 5.32 Å². The van der Waals surface area contributed by atoms with E-state index in [2.05, 4.69) is 19.2 Å². The van der Waals surface area contributed by atoms with Gasteiger partial charge in [-0.05, 0) is 12.8 Å². The standard InChI is InChI=1S/C81H163NO3/c1-3-5-7-9-11-13-15-17-19-21-23-25-27-29-31-33-35-37-38-39-40-41-42-43-45-47-49-51-53-55-57-59-61-63-65-67-69-71-73-75-77-81(85)82-79(78-83)80(84)76-74-72-70-68-66-64-62-60-58-56-54-52-50-48-46-44-36-34-32-30-28-26-24-22-20-18-16-14-12-10-8-6-4-2/h79-80,83-84H,3-78H2,1-2H3,(H,82,85). The molecule has 0 radical (unpaired) electrons. The van der Waals surface area contributed by atoms with Crippen LogP contribution in [-0.2, 0) is 4.79 Å². The molecule has 4 nitrogen and oxygen atoms in total. The highest BCUT2D eigenvalue weighted by Crippen LogP contribution is 2.21. The highest BCUT2D eigenvalue weighted by molar-refractivity contribution is 5.76. The number of carbonyl (C=O) groups is 1. The van der Waals surface area contributed by atoms with Crippen molar-refractivity contribution in [2.45, 2.75) is 508 Å². The number of unbranched alkanes of at least 4 members (excludes halogenated alkanes) is 71. The summed E-state index contributed by atoms with van der Waals surface area (Å²) in [5.74, 6) is -0.0177. The van der Waals surface area contributed by atoms with Crippen LogP contribution >= 0.6 is 0 Å². The van der Waals surface area contributed by atoms with E-state index in [9.17, 15) is 15.0 Å². The van der Waals surface area contributed by atoms with Crippen molar-refractivity contribution >= 4 is 5.91 Å². The van der Waals surface area contributed by atoms with Gasteiger partial charge in [-0.1, -0.05) is 476 Å². The van der Waals surface area contributed by atoms with Crippen molar-refractivity contribution in [1.82, 2.24) is 5.32 Å². The summed E-state index contributed by atoms with van der Waals surface area (Å²) in [5, 5.41) is 23.5. The Morgan fingerprint density at radius 3 is 0.529 bits per heavy atom. The van der Waals surface area contributed by atoms with Gasteiger partial charge in [0.15, 0.2) is 0 Å². The second-order valence-corrected chi connectivity index (χ2v) is 28.6. The highest BCUT2D eigenvalue weighted by atomic mass is 16.3. The van der Waals surface area contributed by atoms with Crippen LogP contribution in [0.4, 0.5) is 0 Å². The van der Waals surface area contributed by atoms with Gasteiger partial charge in [-0.25, -0.2) is 0 Å². The van der Waals surface area contributed by atoms with Crippen LogP contribution in [0.3, 0.4) is 0 Å². The molecule has 0 bridgehead atoms. The van der Waals surface area contributed by atoms with Gasteiger partial charge in [0.2, 0.25) is 5.91 Å². The summed E-state index contributed by atoms with van der Waals surface area (Å²) in [4.78, 5) is 12.6. The SMILES string of the molecule is CCCCCCCCCCCCCCCCCCCCCCCCCCCCCCCCCCCCCCCCCCC(=O)NC(CO)C(O)CCCCCCCCCCCCCCCCCCCCCCCCCCCCCCCCCCC. The molecule has 2 unspecified atom stereocenters. The zero-order chi connectivity index (χ0) is 61.2. The van der Waals surface area contributed by atoms with Gasteiger partial charge in [0, 0.05) is 6.42 Å². The molecular formula is C81H163NO3. The Hall–Kier alpha value is -0.610. The maximum absolute atomic E-state index is 12.6. The minimum absolute atomic E-state index is 0.0177. The Bertz CT molecular complexity index is 1180. The average molecular weight is 1200 g/mol. The Labute approximate surface area is 537 Å². The number of aliphatic hydroxyl groups excluding tert-OH is 2. The Morgan fingerprint density at radius 2 is 0.376 bits per heavy atom. The predicted octanol–water partition coefficient (Wildman–Crippen LogP) is 28.1. The lowest BCUT2D eigenvalue weighted by Gasteiger charge is -2.22. The van der Waals surface area contributed by atoms with Crippen molar-refractivity contribution in [3.05, 3.63) is 0 Å². The second kappa shape index (κ2) is 77.6. The Kier molecular flexibility index (Phi) is 77.1. The van der Waals surface area contributed by atoms with E-state index in [1.54, 1.807) is 0 Å². The summed E-state index contributed by atoms with van der Waals surface area (Å²) in [6.07, 6.45) is 104. The molecule has 0 spiro atoms. The molecule has 0 saturated carbocycles. The van der Waals surface area contributed by atoms with Crippen molar-refractivity contribution in [3.63, 3.8) is 0 Å². The average Bonchev–Trinajstić information content (AvgIpc) is 3.51. The molecule has 2 atom stereocenters. The van der Waals surface area contributed by atoms with Gasteiger partial charge in [0.25, 0.3) is 0 Å². The molecule has 0 aromatic carbocycles. The van der Waals surface area contributed by atoms with Gasteiger partial charge in [-0.2, -0.15) is 0 Å². The number of carbonyl (C=O) groups excluding carboxylic acids is 1. The van der Waals surface area contributed by atoms with E-state index in [4.69, 9.17) is 0 Å². The second-order valence-electron chi connectivity index (χ2n) is 28.6. The van der Waals surface area contributed by atoms with Crippen LogP contribution in [0.2, 0.25) is 0 Å². The van der Waals surface area contributed by atoms with E-state index >= 15 is 0 Å².